The summed E-state index contributed by atoms with van der Waals surface area (Å²) < 4.78 is 10.8. The van der Waals surface area contributed by atoms with Crippen molar-refractivity contribution in [2.45, 2.75) is 0 Å². The number of para-hydroxylation sites is 4. The van der Waals surface area contributed by atoms with Crippen LogP contribution in [-0.4, -0.2) is 24.5 Å². The van der Waals surface area contributed by atoms with Crippen molar-refractivity contribution in [3.05, 3.63) is 164 Å². The molecule has 0 radical (unpaired) electrons. The number of hydrogen-bond acceptors (Lipinski definition) is 6. The molecule has 0 atom stereocenters. The summed E-state index contributed by atoms with van der Waals surface area (Å²) in [7, 11) is 0. The molecule has 7 heteroatoms. The molecule has 6 nitrogen and oxygen atoms in total. The Labute approximate surface area is 307 Å². The Hall–Kier alpha value is -6.96. The van der Waals surface area contributed by atoms with E-state index in [1.54, 1.807) is 11.3 Å². The van der Waals surface area contributed by atoms with Crippen molar-refractivity contribution in [1.29, 1.82) is 0 Å². The fourth-order valence-electron chi connectivity index (χ4n) is 7.55. The second kappa shape index (κ2) is 11.8. The maximum Gasteiger partial charge on any atom is 0.164 e. The summed E-state index contributed by atoms with van der Waals surface area (Å²) in [6, 6.07) is 56.0. The van der Waals surface area contributed by atoms with E-state index >= 15 is 0 Å². The zero-order valence-electron chi connectivity index (χ0n) is 28.1. The van der Waals surface area contributed by atoms with Crippen LogP contribution in [0.25, 0.3) is 104 Å². The Bertz CT molecular complexity index is 3180. The molecule has 0 unspecified atom stereocenters. The molecule has 0 spiro atoms. The van der Waals surface area contributed by atoms with Gasteiger partial charge in [0, 0.05) is 58.9 Å². The highest BCUT2D eigenvalue weighted by molar-refractivity contribution is 7.26. The van der Waals surface area contributed by atoms with Gasteiger partial charge in [-0.05, 0) is 48.5 Å². The molecule has 0 aliphatic heterocycles. The van der Waals surface area contributed by atoms with Gasteiger partial charge in [0.2, 0.25) is 0 Å². The van der Waals surface area contributed by atoms with Crippen LogP contribution in [0.3, 0.4) is 0 Å². The zero-order valence-corrected chi connectivity index (χ0v) is 29.0. The van der Waals surface area contributed by atoms with Crippen LogP contribution in [-0.2, 0) is 0 Å². The summed E-state index contributed by atoms with van der Waals surface area (Å²) in [5.41, 5.74) is 8.58. The molecule has 11 rings (SSSR count). The van der Waals surface area contributed by atoms with Crippen LogP contribution >= 0.6 is 11.3 Å². The van der Waals surface area contributed by atoms with Crippen LogP contribution in [0.4, 0.5) is 0 Å². The van der Waals surface area contributed by atoms with Gasteiger partial charge in [-0.3, -0.25) is 4.57 Å². The minimum absolute atomic E-state index is 0.597. The van der Waals surface area contributed by atoms with E-state index < -0.39 is 0 Å². The predicted molar refractivity (Wildman–Crippen MR) is 216 cm³/mol. The van der Waals surface area contributed by atoms with E-state index in [9.17, 15) is 0 Å². The van der Waals surface area contributed by atoms with Crippen LogP contribution in [0.5, 0.6) is 0 Å². The highest BCUT2D eigenvalue weighted by atomic mass is 32.1. The summed E-state index contributed by atoms with van der Waals surface area (Å²) in [5.74, 6) is 2.74. The minimum Gasteiger partial charge on any atom is -0.456 e. The van der Waals surface area contributed by atoms with Gasteiger partial charge in [-0.15, -0.1) is 11.3 Å². The van der Waals surface area contributed by atoms with Gasteiger partial charge in [-0.1, -0.05) is 115 Å². The molecule has 0 saturated carbocycles. The summed E-state index contributed by atoms with van der Waals surface area (Å²) in [6.45, 7) is 0. The van der Waals surface area contributed by atoms with Crippen molar-refractivity contribution in [2.24, 2.45) is 0 Å². The third kappa shape index (κ3) is 4.71. The fourth-order valence-corrected chi connectivity index (χ4v) is 8.79. The van der Waals surface area contributed by atoms with Gasteiger partial charge in [0.1, 0.15) is 17.0 Å². The second-order valence-corrected chi connectivity index (χ2v) is 14.1. The molecule has 53 heavy (non-hydrogen) atoms. The minimum atomic E-state index is 0.597. The molecular formula is C46H27N5OS. The lowest BCUT2D eigenvalue weighted by Gasteiger charge is -2.11. The smallest absolute Gasteiger partial charge is 0.164 e. The molecule has 248 valence electrons. The Morgan fingerprint density at radius 3 is 1.92 bits per heavy atom. The average molecular weight is 698 g/mol. The Morgan fingerprint density at radius 1 is 0.453 bits per heavy atom. The van der Waals surface area contributed by atoms with Crippen LogP contribution < -0.4 is 0 Å². The molecule has 0 amide bonds. The third-order valence-corrected chi connectivity index (χ3v) is 11.1. The van der Waals surface area contributed by atoms with E-state index in [1.165, 1.54) is 0 Å². The molecule has 11 aromatic rings. The number of imidazole rings is 1. The van der Waals surface area contributed by atoms with E-state index in [2.05, 4.69) is 95.6 Å². The maximum absolute atomic E-state index is 6.27. The van der Waals surface area contributed by atoms with Crippen molar-refractivity contribution in [1.82, 2.24) is 24.5 Å². The number of furan rings is 1. The lowest BCUT2D eigenvalue weighted by atomic mass is 10.0. The van der Waals surface area contributed by atoms with Crippen molar-refractivity contribution in [2.75, 3.05) is 0 Å². The van der Waals surface area contributed by atoms with Gasteiger partial charge in [-0.25, -0.2) is 19.9 Å². The lowest BCUT2D eigenvalue weighted by Crippen LogP contribution is -2.00. The normalized spacial score (nSPS) is 11.8. The standard InChI is InChI=1S/C46H27N5OS/c1-3-14-28(15-4-1)43-48-44(32-20-12-26-38-40(32)30-18-7-10-25-37(30)52-38)50-45(49-43)33-21-13-27-39-41(33)31-19-11-22-34(42(31)53-39)46-47-35-23-8-9-24-36(35)51(46)29-16-5-2-6-17-29/h1-27H. The number of rotatable bonds is 5. The number of benzene rings is 7. The summed E-state index contributed by atoms with van der Waals surface area (Å²) in [4.78, 5) is 20.8. The van der Waals surface area contributed by atoms with Gasteiger partial charge in [0.15, 0.2) is 17.5 Å². The SMILES string of the molecule is c1ccc(-c2nc(-c3cccc4oc5ccccc5c34)nc(-c3cccc4sc5c(-c6nc7ccccc7n6-c6ccccc6)cccc5c34)n2)cc1. The van der Waals surface area contributed by atoms with E-state index in [1.807, 2.05) is 72.8 Å². The quantitative estimate of drug-likeness (QED) is 0.179. The molecular weight excluding hydrogens is 671 g/mol. The van der Waals surface area contributed by atoms with Crippen molar-refractivity contribution in [3.63, 3.8) is 0 Å². The van der Waals surface area contributed by atoms with Gasteiger partial charge in [0.25, 0.3) is 0 Å². The van der Waals surface area contributed by atoms with Crippen LogP contribution in [0, 0.1) is 0 Å². The second-order valence-electron chi connectivity index (χ2n) is 13.0. The van der Waals surface area contributed by atoms with Gasteiger partial charge in [-0.2, -0.15) is 0 Å². The van der Waals surface area contributed by atoms with E-state index in [-0.39, 0.29) is 0 Å². The molecule has 0 bridgehead atoms. The first-order valence-corrected chi connectivity index (χ1v) is 18.3. The number of fused-ring (bicyclic) bond motifs is 7. The summed E-state index contributed by atoms with van der Waals surface area (Å²) >= 11 is 1.77. The van der Waals surface area contributed by atoms with Crippen molar-refractivity contribution >= 4 is 64.5 Å². The first kappa shape index (κ1) is 29.7. The molecule has 7 aromatic carbocycles. The largest absolute Gasteiger partial charge is 0.456 e. The number of aromatic nitrogens is 5. The highest BCUT2D eigenvalue weighted by Gasteiger charge is 2.22. The van der Waals surface area contributed by atoms with Crippen LogP contribution in [0.1, 0.15) is 0 Å². The van der Waals surface area contributed by atoms with Gasteiger partial charge in [0.05, 0.1) is 11.0 Å². The van der Waals surface area contributed by atoms with Crippen LogP contribution in [0.2, 0.25) is 0 Å². The fraction of sp³-hybridized carbons (Fsp3) is 0. The first-order chi connectivity index (χ1) is 26.3. The van der Waals surface area contributed by atoms with Gasteiger partial charge >= 0.3 is 0 Å². The maximum atomic E-state index is 6.27. The molecule has 4 heterocycles. The number of hydrogen-bond donors (Lipinski definition) is 0. The Morgan fingerprint density at radius 2 is 1.08 bits per heavy atom. The van der Waals surface area contributed by atoms with Crippen LogP contribution in [0.15, 0.2) is 168 Å². The van der Waals surface area contributed by atoms with Crippen molar-refractivity contribution in [3.8, 4) is 51.2 Å². The zero-order chi connectivity index (χ0) is 34.9. The molecule has 0 N–H and O–H groups in total. The molecule has 0 saturated heterocycles. The Kier molecular flexibility index (Phi) is 6.62. The lowest BCUT2D eigenvalue weighted by molar-refractivity contribution is 0.669. The molecule has 0 aliphatic rings. The predicted octanol–water partition coefficient (Wildman–Crippen LogP) is 12.1. The molecule has 0 fully saturated rings. The Balaban J connectivity index is 1.17. The molecule has 4 aromatic heterocycles. The average Bonchev–Trinajstić information content (AvgIpc) is 3.93. The number of thiophene rings is 1. The monoisotopic (exact) mass is 697 g/mol. The summed E-state index contributed by atoms with van der Waals surface area (Å²) in [5, 5.41) is 4.27. The van der Waals surface area contributed by atoms with E-state index in [0.29, 0.717) is 17.5 Å². The van der Waals surface area contributed by atoms with E-state index in [0.717, 1.165) is 86.9 Å². The van der Waals surface area contributed by atoms with E-state index in [4.69, 9.17) is 24.4 Å². The third-order valence-electron chi connectivity index (χ3n) is 9.89. The number of nitrogens with zero attached hydrogens (tertiary/aromatic N) is 5. The molecule has 0 aliphatic carbocycles. The van der Waals surface area contributed by atoms with Gasteiger partial charge < -0.3 is 4.42 Å². The topological polar surface area (TPSA) is 69.6 Å². The highest BCUT2D eigenvalue weighted by Crippen LogP contribution is 2.45. The first-order valence-electron chi connectivity index (χ1n) is 17.5. The summed E-state index contributed by atoms with van der Waals surface area (Å²) in [6.07, 6.45) is 0. The van der Waals surface area contributed by atoms with Crippen molar-refractivity contribution < 1.29 is 4.42 Å².